The van der Waals surface area contributed by atoms with E-state index in [4.69, 9.17) is 30.4 Å². The summed E-state index contributed by atoms with van der Waals surface area (Å²) in [4.78, 5) is 79.8. The first-order chi connectivity index (χ1) is 33.5. The number of aliphatic hydroxyl groups excluding tert-OH is 8. The van der Waals surface area contributed by atoms with Gasteiger partial charge in [0.05, 0.1) is 38.5 Å². The number of phenols is 1. The van der Waals surface area contributed by atoms with Crippen LogP contribution in [-0.4, -0.2) is 205 Å². The van der Waals surface area contributed by atoms with Crippen LogP contribution in [0.15, 0.2) is 54.6 Å². The smallest absolute Gasteiger partial charge is 0.245 e. The highest BCUT2D eigenvalue weighted by Gasteiger charge is 2.48. The van der Waals surface area contributed by atoms with Crippen molar-refractivity contribution >= 4 is 35.4 Å². The summed E-state index contributed by atoms with van der Waals surface area (Å²) in [5.41, 5.74) is 12.8. The van der Waals surface area contributed by atoms with Crippen LogP contribution in [0.5, 0.6) is 5.75 Å². The molecule has 1 unspecified atom stereocenters. The van der Waals surface area contributed by atoms with Crippen LogP contribution in [0.25, 0.3) is 0 Å². The lowest BCUT2D eigenvalue weighted by Crippen LogP contribution is -2.62. The van der Waals surface area contributed by atoms with Crippen LogP contribution in [0.3, 0.4) is 0 Å². The summed E-state index contributed by atoms with van der Waals surface area (Å²) >= 11 is 0. The molecule has 0 aromatic heterocycles. The van der Waals surface area contributed by atoms with Crippen molar-refractivity contribution in [2.45, 2.75) is 138 Å². The number of aliphatic hydroxyl groups is 8. The lowest BCUT2D eigenvalue weighted by Gasteiger charge is -2.42. The molecule has 0 bridgehead atoms. The number of aromatic hydroxyl groups is 1. The van der Waals surface area contributed by atoms with Gasteiger partial charge >= 0.3 is 0 Å². The van der Waals surface area contributed by atoms with E-state index < -0.39 is 160 Å². The summed E-state index contributed by atoms with van der Waals surface area (Å²) in [6.45, 7) is 1.75. The number of amides is 6. The number of rotatable bonds is 25. The molecule has 16 atom stereocenters. The summed E-state index contributed by atoms with van der Waals surface area (Å²) in [7, 11) is 0. The average molecular weight is 1010 g/mol. The van der Waals surface area contributed by atoms with Crippen LogP contribution in [0.4, 0.5) is 0 Å². The zero-order chi connectivity index (χ0) is 52.7. The van der Waals surface area contributed by atoms with E-state index in [-0.39, 0.29) is 30.9 Å². The number of carbonyl (C=O) groups is 6. The Labute approximate surface area is 408 Å². The molecule has 26 heteroatoms. The Hall–Kier alpha value is -5.46. The number of hydrogen-bond acceptors (Lipinski definition) is 20. The summed E-state index contributed by atoms with van der Waals surface area (Å²) in [6.07, 6.45) is -18.8. The highest BCUT2D eigenvalue weighted by Crippen LogP contribution is 2.26. The fourth-order valence-corrected chi connectivity index (χ4v) is 7.45. The summed E-state index contributed by atoms with van der Waals surface area (Å²) in [5, 5.41) is 104. The highest BCUT2D eigenvalue weighted by atomic mass is 16.7. The van der Waals surface area contributed by atoms with Crippen molar-refractivity contribution in [1.29, 1.82) is 0 Å². The average Bonchev–Trinajstić information content (AvgIpc) is 3.32. The minimum atomic E-state index is -1.94. The second-order valence-electron chi connectivity index (χ2n) is 17.8. The van der Waals surface area contributed by atoms with Gasteiger partial charge in [-0.15, -0.1) is 0 Å². The van der Waals surface area contributed by atoms with Crippen LogP contribution < -0.4 is 38.1 Å². The molecule has 0 saturated carbocycles. The molecule has 0 spiro atoms. The SMILES string of the molecule is CC(C)C[C@H](NC(=O)[C@H](Cc1ccccc1)NC(=O)CNC(=O)C(NC(=O)[C@@H](N)Cc1ccc(O)cc1)[C@@H](C)O)C(=O)N[C@@H](CO[C@H]1O[C@H](CO[C@H]2O[C@@H](CO)[C@H](O)[C@@H](O)[C@@H]2O)[C@@H](O)[C@H](O)[C@H]1O)C(N)=O. The van der Waals surface area contributed by atoms with Gasteiger partial charge in [-0.3, -0.25) is 28.8 Å². The molecule has 2 heterocycles. The van der Waals surface area contributed by atoms with Gasteiger partial charge in [-0.05, 0) is 48.9 Å². The molecule has 2 aromatic rings. The predicted molar refractivity (Wildman–Crippen MR) is 243 cm³/mol. The molecular formula is C45H67N7O19. The summed E-state index contributed by atoms with van der Waals surface area (Å²) in [6, 6.07) is 7.29. The lowest BCUT2D eigenvalue weighted by atomic mass is 9.98. The number of carbonyl (C=O) groups excluding carboxylic acids is 6. The van der Waals surface area contributed by atoms with Crippen molar-refractivity contribution in [2.24, 2.45) is 17.4 Å². The molecule has 2 aliphatic rings. The topological polar surface area (TPSA) is 434 Å². The van der Waals surface area contributed by atoms with Gasteiger partial charge in [-0.1, -0.05) is 56.3 Å². The Kier molecular flexibility index (Phi) is 22.4. The van der Waals surface area contributed by atoms with Gasteiger partial charge in [0.1, 0.15) is 78.7 Å². The zero-order valence-electron chi connectivity index (χ0n) is 39.2. The van der Waals surface area contributed by atoms with Crippen LogP contribution >= 0.6 is 0 Å². The second-order valence-corrected chi connectivity index (χ2v) is 17.8. The first-order valence-electron chi connectivity index (χ1n) is 22.8. The van der Waals surface area contributed by atoms with E-state index in [1.165, 1.54) is 19.1 Å². The predicted octanol–water partition coefficient (Wildman–Crippen LogP) is -6.89. The highest BCUT2D eigenvalue weighted by molar-refractivity contribution is 5.95. The monoisotopic (exact) mass is 1010 g/mol. The van der Waals surface area contributed by atoms with Crippen LogP contribution in [0.1, 0.15) is 38.3 Å². The number of primary amides is 1. The van der Waals surface area contributed by atoms with Crippen molar-refractivity contribution in [1.82, 2.24) is 26.6 Å². The van der Waals surface area contributed by atoms with Crippen molar-refractivity contribution in [2.75, 3.05) is 26.4 Å². The molecular weight excluding hydrogens is 943 g/mol. The maximum absolute atomic E-state index is 14.0. The van der Waals surface area contributed by atoms with Gasteiger partial charge in [-0.2, -0.15) is 0 Å². The maximum atomic E-state index is 14.0. The maximum Gasteiger partial charge on any atom is 0.245 e. The molecule has 6 amide bonds. The molecule has 71 heavy (non-hydrogen) atoms. The standard InChI is InChI=1S/C45H67N7O19/c1-20(2)13-26(41(65)51-28(39(47)63)18-68-44-38(62)36(60)34(58)30(71-44)19-69-45-37(61)35(59)33(57)29(17-53)70-45)50-42(66)27(15-22-7-5-4-6-8-22)49-31(56)16-48-43(67)32(21(3)54)52-40(64)25(46)14-23-9-11-24(55)12-10-23/h4-12,20-21,25-30,32-38,44-45,53-55,57-62H,13-19,46H2,1-3H3,(H2,47,63)(H,48,67)(H,49,56)(H,50,66)(H,51,65)(H,52,64)/t21-,25+,26+,27+,28+,29+,30-,32?,33+,34-,35-,36+,37+,38-,44+,45+/m1/s1. The largest absolute Gasteiger partial charge is 0.508 e. The van der Waals surface area contributed by atoms with E-state index in [0.717, 1.165) is 0 Å². The Morgan fingerprint density at radius 3 is 1.77 bits per heavy atom. The number of nitrogens with one attached hydrogen (secondary N) is 5. The number of benzene rings is 2. The van der Waals surface area contributed by atoms with Crippen LogP contribution in [-0.2, 0) is 60.6 Å². The molecule has 2 fully saturated rings. The van der Waals surface area contributed by atoms with E-state index in [2.05, 4.69) is 26.6 Å². The van der Waals surface area contributed by atoms with Gasteiger partial charge < -0.3 is 103 Å². The lowest BCUT2D eigenvalue weighted by molar-refractivity contribution is -0.331. The Morgan fingerprint density at radius 1 is 0.648 bits per heavy atom. The number of nitrogens with two attached hydrogens (primary N) is 2. The number of hydrogen-bond donors (Lipinski definition) is 16. The van der Waals surface area contributed by atoms with Crippen LogP contribution in [0.2, 0.25) is 0 Å². The normalized spacial score (nSPS) is 26.9. The molecule has 2 aliphatic heterocycles. The third-order valence-corrected chi connectivity index (χ3v) is 11.5. The third-order valence-electron chi connectivity index (χ3n) is 11.5. The van der Waals surface area contributed by atoms with Crippen LogP contribution in [0, 0.1) is 5.92 Å². The van der Waals surface area contributed by atoms with Gasteiger partial charge in [0, 0.05) is 6.42 Å². The molecule has 4 rings (SSSR count). The minimum absolute atomic E-state index is 0.00959. The molecule has 2 aromatic carbocycles. The molecule has 2 saturated heterocycles. The number of phenolic OH excluding ortho intramolecular Hbond substituents is 1. The Balaban J connectivity index is 1.39. The van der Waals surface area contributed by atoms with Gasteiger partial charge in [0.25, 0.3) is 0 Å². The molecule has 18 N–H and O–H groups in total. The summed E-state index contributed by atoms with van der Waals surface area (Å²) < 4.78 is 21.8. The van der Waals surface area contributed by atoms with E-state index in [0.29, 0.717) is 11.1 Å². The first-order valence-corrected chi connectivity index (χ1v) is 22.8. The van der Waals surface area contributed by atoms with Crippen molar-refractivity contribution in [3.63, 3.8) is 0 Å². The Bertz CT molecular complexity index is 2050. The molecule has 396 valence electrons. The molecule has 26 nitrogen and oxygen atoms in total. The third kappa shape index (κ3) is 17.1. The minimum Gasteiger partial charge on any atom is -0.508 e. The van der Waals surface area contributed by atoms with Crippen molar-refractivity contribution in [3.8, 4) is 5.75 Å². The molecule has 0 aliphatic carbocycles. The summed E-state index contributed by atoms with van der Waals surface area (Å²) in [5.74, 6) is -5.80. The van der Waals surface area contributed by atoms with Gasteiger partial charge in [0.2, 0.25) is 35.4 Å². The van der Waals surface area contributed by atoms with Gasteiger partial charge in [-0.25, -0.2) is 0 Å². The van der Waals surface area contributed by atoms with E-state index in [1.807, 2.05) is 0 Å². The first kappa shape index (κ1) is 58.1. The number of ether oxygens (including phenoxy) is 4. The van der Waals surface area contributed by atoms with E-state index >= 15 is 0 Å². The van der Waals surface area contributed by atoms with Crippen molar-refractivity contribution in [3.05, 3.63) is 65.7 Å². The van der Waals surface area contributed by atoms with Gasteiger partial charge in [0.15, 0.2) is 12.6 Å². The van der Waals surface area contributed by atoms with E-state index in [1.54, 1.807) is 56.3 Å². The molecule has 0 radical (unpaired) electrons. The Morgan fingerprint density at radius 2 is 1.20 bits per heavy atom. The fourth-order valence-electron chi connectivity index (χ4n) is 7.45. The fraction of sp³-hybridized carbons (Fsp3) is 0.600. The zero-order valence-corrected chi connectivity index (χ0v) is 39.2. The quantitative estimate of drug-likeness (QED) is 0.0439. The second kappa shape index (κ2) is 27.4. The van der Waals surface area contributed by atoms with E-state index in [9.17, 15) is 74.7 Å². The van der Waals surface area contributed by atoms with Crippen molar-refractivity contribution < 1.29 is 93.7 Å².